The standard InChI is InChI=1S/C14H21N3O2S/c1-15-13-16-10(8-20-13)12(19)17-7-3-6-14(9-17)5-2-4-11(14)18/h8,11,18H,2-7,9H2,1H3,(H,15,16)/t11-,14+/m1/s1. The van der Waals surface area contributed by atoms with Crippen molar-refractivity contribution in [3.63, 3.8) is 0 Å². The van der Waals surface area contributed by atoms with E-state index >= 15 is 0 Å². The second kappa shape index (κ2) is 5.33. The van der Waals surface area contributed by atoms with Crippen LogP contribution in [0.3, 0.4) is 0 Å². The summed E-state index contributed by atoms with van der Waals surface area (Å²) in [4.78, 5) is 18.7. The largest absolute Gasteiger partial charge is 0.392 e. The molecule has 5 nitrogen and oxygen atoms in total. The Kier molecular flexibility index (Phi) is 3.69. The van der Waals surface area contributed by atoms with E-state index < -0.39 is 0 Å². The molecule has 1 saturated carbocycles. The maximum absolute atomic E-state index is 12.5. The Morgan fingerprint density at radius 1 is 1.55 bits per heavy atom. The van der Waals surface area contributed by atoms with E-state index in [-0.39, 0.29) is 17.4 Å². The second-order valence-corrected chi connectivity index (χ2v) is 6.75. The van der Waals surface area contributed by atoms with Crippen LogP contribution < -0.4 is 5.32 Å². The lowest BCUT2D eigenvalue weighted by atomic mass is 9.76. The quantitative estimate of drug-likeness (QED) is 0.875. The highest BCUT2D eigenvalue weighted by atomic mass is 32.1. The molecule has 2 heterocycles. The van der Waals surface area contributed by atoms with Gasteiger partial charge in [-0.05, 0) is 25.7 Å². The first-order chi connectivity index (χ1) is 9.64. The zero-order valence-electron chi connectivity index (χ0n) is 11.8. The normalized spacial score (nSPS) is 29.9. The summed E-state index contributed by atoms with van der Waals surface area (Å²) in [5.41, 5.74) is 0.458. The number of carbonyl (C=O) groups excluding carboxylic acids is 1. The van der Waals surface area contributed by atoms with Gasteiger partial charge in [0.25, 0.3) is 5.91 Å². The number of hydrogen-bond acceptors (Lipinski definition) is 5. The Bertz CT molecular complexity index is 504. The van der Waals surface area contributed by atoms with E-state index in [1.54, 1.807) is 12.4 Å². The van der Waals surface area contributed by atoms with E-state index in [0.29, 0.717) is 12.2 Å². The molecule has 2 fully saturated rings. The van der Waals surface area contributed by atoms with Gasteiger partial charge in [-0.15, -0.1) is 11.3 Å². The molecule has 1 saturated heterocycles. The second-order valence-electron chi connectivity index (χ2n) is 5.89. The molecule has 1 aliphatic carbocycles. The van der Waals surface area contributed by atoms with E-state index in [2.05, 4.69) is 10.3 Å². The molecule has 1 spiro atoms. The number of rotatable bonds is 2. The van der Waals surface area contributed by atoms with Crippen LogP contribution in [0.2, 0.25) is 0 Å². The Morgan fingerprint density at radius 3 is 3.00 bits per heavy atom. The number of nitrogens with zero attached hydrogens (tertiary/aromatic N) is 2. The maximum atomic E-state index is 12.5. The lowest BCUT2D eigenvalue weighted by Gasteiger charge is -2.42. The number of carbonyl (C=O) groups is 1. The molecule has 2 N–H and O–H groups in total. The summed E-state index contributed by atoms with van der Waals surface area (Å²) in [6.07, 6.45) is 4.76. The number of hydrogen-bond donors (Lipinski definition) is 2. The smallest absolute Gasteiger partial charge is 0.273 e. The highest BCUT2D eigenvalue weighted by molar-refractivity contribution is 7.13. The minimum absolute atomic E-state index is 0.000856. The third-order valence-electron chi connectivity index (χ3n) is 4.69. The van der Waals surface area contributed by atoms with E-state index in [1.165, 1.54) is 11.3 Å². The molecule has 1 amide bonds. The van der Waals surface area contributed by atoms with Crippen molar-refractivity contribution in [2.24, 2.45) is 5.41 Å². The van der Waals surface area contributed by atoms with Gasteiger partial charge in [0.2, 0.25) is 0 Å². The summed E-state index contributed by atoms with van der Waals surface area (Å²) in [6.45, 7) is 1.46. The van der Waals surface area contributed by atoms with Gasteiger partial charge < -0.3 is 15.3 Å². The maximum Gasteiger partial charge on any atom is 0.273 e. The average Bonchev–Trinajstić information content (AvgIpc) is 3.07. The molecule has 2 atom stereocenters. The summed E-state index contributed by atoms with van der Waals surface area (Å²) in [7, 11) is 1.80. The monoisotopic (exact) mass is 295 g/mol. The Balaban J connectivity index is 1.75. The van der Waals surface area contributed by atoms with Gasteiger partial charge >= 0.3 is 0 Å². The van der Waals surface area contributed by atoms with E-state index in [1.807, 2.05) is 4.90 Å². The van der Waals surface area contributed by atoms with Gasteiger partial charge in [-0.2, -0.15) is 0 Å². The molecule has 0 aromatic carbocycles. The Morgan fingerprint density at radius 2 is 2.35 bits per heavy atom. The molecule has 20 heavy (non-hydrogen) atoms. The number of aromatic nitrogens is 1. The fourth-order valence-corrected chi connectivity index (χ4v) is 4.22. The number of likely N-dealkylation sites (tertiary alicyclic amines) is 1. The van der Waals surface area contributed by atoms with Gasteiger partial charge in [-0.3, -0.25) is 4.79 Å². The molecule has 0 bridgehead atoms. The first kappa shape index (κ1) is 13.8. The van der Waals surface area contributed by atoms with Crippen molar-refractivity contribution < 1.29 is 9.90 Å². The molecule has 1 aliphatic heterocycles. The van der Waals surface area contributed by atoms with Crippen LogP contribution in [0, 0.1) is 5.41 Å². The number of nitrogens with one attached hydrogen (secondary N) is 1. The first-order valence-corrected chi connectivity index (χ1v) is 8.13. The van der Waals surface area contributed by atoms with Gasteiger partial charge in [0.15, 0.2) is 5.13 Å². The molecule has 2 aliphatic rings. The minimum Gasteiger partial charge on any atom is -0.392 e. The highest BCUT2D eigenvalue weighted by Crippen LogP contribution is 2.45. The molecule has 6 heteroatoms. The molecule has 110 valence electrons. The third kappa shape index (κ3) is 2.31. The third-order valence-corrected chi connectivity index (χ3v) is 5.55. The van der Waals surface area contributed by atoms with Gasteiger partial charge in [-0.1, -0.05) is 6.42 Å². The fraction of sp³-hybridized carbons (Fsp3) is 0.714. The number of amides is 1. The lowest BCUT2D eigenvalue weighted by Crippen LogP contribution is -2.49. The van der Waals surface area contributed by atoms with Crippen molar-refractivity contribution in [3.05, 3.63) is 11.1 Å². The van der Waals surface area contributed by atoms with Crippen molar-refractivity contribution in [2.45, 2.75) is 38.2 Å². The van der Waals surface area contributed by atoms with Crippen LogP contribution in [0.15, 0.2) is 5.38 Å². The van der Waals surface area contributed by atoms with Crippen LogP contribution >= 0.6 is 11.3 Å². The zero-order valence-corrected chi connectivity index (χ0v) is 12.6. The Hall–Kier alpha value is -1.14. The van der Waals surface area contributed by atoms with Crippen molar-refractivity contribution in [3.8, 4) is 0 Å². The number of thiazole rings is 1. The van der Waals surface area contributed by atoms with Crippen molar-refractivity contribution in [2.75, 3.05) is 25.5 Å². The summed E-state index contributed by atoms with van der Waals surface area (Å²) < 4.78 is 0. The minimum atomic E-state index is -0.249. The van der Waals surface area contributed by atoms with Crippen LogP contribution in [0.5, 0.6) is 0 Å². The summed E-state index contributed by atoms with van der Waals surface area (Å²) >= 11 is 1.45. The van der Waals surface area contributed by atoms with Crippen molar-refractivity contribution >= 4 is 22.4 Å². The van der Waals surface area contributed by atoms with Gasteiger partial charge in [0, 0.05) is 30.9 Å². The van der Waals surface area contributed by atoms with Crippen LogP contribution in [0.1, 0.15) is 42.6 Å². The number of anilines is 1. The van der Waals surface area contributed by atoms with E-state index in [9.17, 15) is 9.90 Å². The summed E-state index contributed by atoms with van der Waals surface area (Å²) in [5.74, 6) is 0.000856. The van der Waals surface area contributed by atoms with Crippen molar-refractivity contribution in [1.29, 1.82) is 0 Å². The molecule has 1 aromatic heterocycles. The molecule has 0 radical (unpaired) electrons. The predicted molar refractivity (Wildman–Crippen MR) is 79.1 cm³/mol. The summed E-state index contributed by atoms with van der Waals surface area (Å²) in [6, 6.07) is 0. The summed E-state index contributed by atoms with van der Waals surface area (Å²) in [5, 5.41) is 15.8. The number of aliphatic hydroxyl groups is 1. The number of aliphatic hydroxyl groups excluding tert-OH is 1. The van der Waals surface area contributed by atoms with Gasteiger partial charge in [-0.25, -0.2) is 4.98 Å². The molecular formula is C14H21N3O2S. The van der Waals surface area contributed by atoms with Gasteiger partial charge in [0.05, 0.1) is 6.10 Å². The fourth-order valence-electron chi connectivity index (χ4n) is 3.58. The zero-order chi connectivity index (χ0) is 14.2. The lowest BCUT2D eigenvalue weighted by molar-refractivity contribution is -0.00552. The van der Waals surface area contributed by atoms with Gasteiger partial charge in [0.1, 0.15) is 5.69 Å². The van der Waals surface area contributed by atoms with Crippen molar-refractivity contribution in [1.82, 2.24) is 9.88 Å². The number of piperidine rings is 1. The molecule has 0 unspecified atom stereocenters. The molecular weight excluding hydrogens is 274 g/mol. The van der Waals surface area contributed by atoms with Crippen LogP contribution in [-0.2, 0) is 0 Å². The first-order valence-electron chi connectivity index (χ1n) is 7.25. The van der Waals surface area contributed by atoms with E-state index in [0.717, 1.165) is 43.8 Å². The average molecular weight is 295 g/mol. The molecule has 3 rings (SSSR count). The SMILES string of the molecule is CNc1nc(C(=O)N2CCC[C@@]3(CCC[C@H]3O)C2)cs1. The topological polar surface area (TPSA) is 65.5 Å². The Labute approximate surface area is 123 Å². The predicted octanol–water partition coefficient (Wildman–Crippen LogP) is 1.95. The van der Waals surface area contributed by atoms with Crippen LogP contribution in [0.25, 0.3) is 0 Å². The molecule has 1 aromatic rings. The van der Waals surface area contributed by atoms with E-state index in [4.69, 9.17) is 0 Å². The van der Waals surface area contributed by atoms with Crippen LogP contribution in [-0.4, -0.2) is 47.1 Å². The van der Waals surface area contributed by atoms with Crippen LogP contribution in [0.4, 0.5) is 5.13 Å². The highest BCUT2D eigenvalue weighted by Gasteiger charge is 2.45.